The van der Waals surface area contributed by atoms with Crippen LogP contribution in [0.3, 0.4) is 0 Å². The Morgan fingerprint density at radius 3 is 2.71 bits per heavy atom. The molecule has 0 aliphatic carbocycles. The van der Waals surface area contributed by atoms with Gasteiger partial charge in [-0.2, -0.15) is 0 Å². The van der Waals surface area contributed by atoms with Crippen molar-refractivity contribution in [2.75, 3.05) is 26.2 Å². The number of nitrogens with one attached hydrogen (secondary N) is 1. The summed E-state index contributed by atoms with van der Waals surface area (Å²) in [6, 6.07) is 11.4. The van der Waals surface area contributed by atoms with Gasteiger partial charge in [-0.05, 0) is 24.5 Å². The number of benzene rings is 1. The van der Waals surface area contributed by atoms with Gasteiger partial charge in [-0.3, -0.25) is 4.90 Å². The summed E-state index contributed by atoms with van der Waals surface area (Å²) < 4.78 is 5.86. The van der Waals surface area contributed by atoms with E-state index in [-0.39, 0.29) is 0 Å². The van der Waals surface area contributed by atoms with Gasteiger partial charge in [0, 0.05) is 31.7 Å². The molecule has 1 N–H and O–H groups in total. The third-order valence-electron chi connectivity index (χ3n) is 4.76. The predicted molar refractivity (Wildman–Crippen MR) is 88.8 cm³/mol. The van der Waals surface area contributed by atoms with E-state index in [1.807, 2.05) is 30.3 Å². The number of hydrogen-bond acceptors (Lipinski definition) is 3. The minimum absolute atomic E-state index is 0.620. The quantitative estimate of drug-likeness (QED) is 0.835. The van der Waals surface area contributed by atoms with Crippen LogP contribution in [0.2, 0.25) is 0 Å². The Morgan fingerprint density at radius 1 is 1.29 bits per heavy atom. The van der Waals surface area contributed by atoms with Crippen LogP contribution in [0.4, 0.5) is 0 Å². The summed E-state index contributed by atoms with van der Waals surface area (Å²) in [7, 11) is 0. The van der Waals surface area contributed by atoms with Crippen molar-refractivity contribution in [2.45, 2.75) is 45.7 Å². The molecule has 1 aromatic rings. The molecule has 1 aromatic carbocycles. The highest BCUT2D eigenvalue weighted by molar-refractivity contribution is 5.20. The third-order valence-corrected chi connectivity index (χ3v) is 4.76. The molecule has 0 aromatic heterocycles. The molecule has 1 heterocycles. The number of ether oxygens (including phenoxy) is 1. The molecule has 3 heteroatoms. The maximum absolute atomic E-state index is 5.86. The van der Waals surface area contributed by atoms with Crippen LogP contribution in [0.5, 0.6) is 5.75 Å². The highest BCUT2D eigenvalue weighted by Crippen LogP contribution is 2.17. The molecule has 0 radical (unpaired) electrons. The van der Waals surface area contributed by atoms with E-state index in [0.717, 1.165) is 37.9 Å². The molecule has 2 rings (SSSR count). The van der Waals surface area contributed by atoms with Gasteiger partial charge in [0.15, 0.2) is 0 Å². The molecule has 3 unspecified atom stereocenters. The normalized spacial score (nSPS) is 24.7. The van der Waals surface area contributed by atoms with E-state index < -0.39 is 0 Å². The maximum atomic E-state index is 5.86. The molecule has 1 saturated heterocycles. The van der Waals surface area contributed by atoms with Crippen molar-refractivity contribution >= 4 is 0 Å². The third kappa shape index (κ3) is 4.72. The second-order valence-electron chi connectivity index (χ2n) is 6.12. The molecule has 118 valence electrons. The van der Waals surface area contributed by atoms with Gasteiger partial charge in [0.25, 0.3) is 0 Å². The topological polar surface area (TPSA) is 24.5 Å². The van der Waals surface area contributed by atoms with Crippen LogP contribution in [0, 0.1) is 5.92 Å². The van der Waals surface area contributed by atoms with Crippen molar-refractivity contribution in [1.82, 2.24) is 10.2 Å². The SMILES string of the molecule is CCC(C)C1CN(CCOc2ccccc2)C(CC)CN1. The van der Waals surface area contributed by atoms with E-state index in [2.05, 4.69) is 31.0 Å². The van der Waals surface area contributed by atoms with Crippen molar-refractivity contribution < 1.29 is 4.74 Å². The largest absolute Gasteiger partial charge is 0.492 e. The minimum Gasteiger partial charge on any atom is -0.492 e. The van der Waals surface area contributed by atoms with Gasteiger partial charge in [0.2, 0.25) is 0 Å². The number of hydrogen-bond donors (Lipinski definition) is 1. The first-order valence-corrected chi connectivity index (χ1v) is 8.39. The molecule has 0 spiro atoms. The van der Waals surface area contributed by atoms with Crippen molar-refractivity contribution in [3.63, 3.8) is 0 Å². The van der Waals surface area contributed by atoms with E-state index in [9.17, 15) is 0 Å². The molecule has 3 nitrogen and oxygen atoms in total. The maximum Gasteiger partial charge on any atom is 0.119 e. The fourth-order valence-corrected chi connectivity index (χ4v) is 3.02. The van der Waals surface area contributed by atoms with Crippen molar-refractivity contribution in [2.24, 2.45) is 5.92 Å². The molecule has 1 fully saturated rings. The molecular formula is C18H30N2O. The van der Waals surface area contributed by atoms with Crippen LogP contribution in [0.25, 0.3) is 0 Å². The first-order valence-electron chi connectivity index (χ1n) is 8.39. The minimum atomic E-state index is 0.620. The van der Waals surface area contributed by atoms with E-state index in [4.69, 9.17) is 4.74 Å². The van der Waals surface area contributed by atoms with Crippen molar-refractivity contribution in [1.29, 1.82) is 0 Å². The molecular weight excluding hydrogens is 260 g/mol. The average Bonchev–Trinajstić information content (AvgIpc) is 2.55. The zero-order valence-electron chi connectivity index (χ0n) is 13.7. The van der Waals surface area contributed by atoms with Crippen LogP contribution in [-0.4, -0.2) is 43.2 Å². The second kappa shape index (κ2) is 8.40. The molecule has 21 heavy (non-hydrogen) atoms. The summed E-state index contributed by atoms with van der Waals surface area (Å²) in [5, 5.41) is 3.73. The Morgan fingerprint density at radius 2 is 2.05 bits per heavy atom. The van der Waals surface area contributed by atoms with Crippen LogP contribution in [0.15, 0.2) is 30.3 Å². The highest BCUT2D eigenvalue weighted by atomic mass is 16.5. The number of para-hydroxylation sites is 1. The zero-order chi connectivity index (χ0) is 15.1. The van der Waals surface area contributed by atoms with Gasteiger partial charge in [0.05, 0.1) is 0 Å². The highest BCUT2D eigenvalue weighted by Gasteiger charge is 2.28. The van der Waals surface area contributed by atoms with Gasteiger partial charge < -0.3 is 10.1 Å². The van der Waals surface area contributed by atoms with Crippen LogP contribution in [0.1, 0.15) is 33.6 Å². The lowest BCUT2D eigenvalue weighted by Crippen LogP contribution is -2.58. The van der Waals surface area contributed by atoms with Crippen molar-refractivity contribution in [3.8, 4) is 5.75 Å². The average molecular weight is 290 g/mol. The number of piperazine rings is 1. The Hall–Kier alpha value is -1.06. The Kier molecular flexibility index (Phi) is 6.52. The summed E-state index contributed by atoms with van der Waals surface area (Å²) in [5.74, 6) is 1.71. The standard InChI is InChI=1S/C18H30N2O/c1-4-15(3)18-14-20(16(5-2)13-19-18)11-12-21-17-9-7-6-8-10-17/h6-10,15-16,18-19H,4-5,11-14H2,1-3H3. The van der Waals surface area contributed by atoms with Gasteiger partial charge in [-0.1, -0.05) is 45.4 Å². The molecule has 0 amide bonds. The Bertz CT molecular complexity index is 395. The lowest BCUT2D eigenvalue weighted by atomic mass is 9.95. The fraction of sp³-hybridized carbons (Fsp3) is 0.667. The van der Waals surface area contributed by atoms with Gasteiger partial charge in [-0.25, -0.2) is 0 Å². The van der Waals surface area contributed by atoms with Crippen LogP contribution >= 0.6 is 0 Å². The van der Waals surface area contributed by atoms with E-state index in [1.165, 1.54) is 12.8 Å². The summed E-state index contributed by atoms with van der Waals surface area (Å²) in [5.41, 5.74) is 0. The lowest BCUT2D eigenvalue weighted by molar-refractivity contribution is 0.0902. The summed E-state index contributed by atoms with van der Waals surface area (Å²) in [6.07, 6.45) is 2.44. The lowest BCUT2D eigenvalue weighted by Gasteiger charge is -2.42. The zero-order valence-corrected chi connectivity index (χ0v) is 13.7. The summed E-state index contributed by atoms with van der Waals surface area (Å²) in [6.45, 7) is 10.9. The van der Waals surface area contributed by atoms with Gasteiger partial charge in [-0.15, -0.1) is 0 Å². The Labute approximate surface area is 129 Å². The Balaban J connectivity index is 1.83. The number of nitrogens with zero attached hydrogens (tertiary/aromatic N) is 1. The van der Waals surface area contributed by atoms with E-state index in [0.29, 0.717) is 12.1 Å². The smallest absolute Gasteiger partial charge is 0.119 e. The van der Waals surface area contributed by atoms with Crippen LogP contribution in [-0.2, 0) is 0 Å². The second-order valence-corrected chi connectivity index (χ2v) is 6.12. The monoisotopic (exact) mass is 290 g/mol. The van der Waals surface area contributed by atoms with Gasteiger partial charge in [0.1, 0.15) is 12.4 Å². The van der Waals surface area contributed by atoms with Gasteiger partial charge >= 0.3 is 0 Å². The molecule has 1 aliphatic heterocycles. The van der Waals surface area contributed by atoms with Crippen molar-refractivity contribution in [3.05, 3.63) is 30.3 Å². The molecule has 1 aliphatic rings. The summed E-state index contributed by atoms with van der Waals surface area (Å²) >= 11 is 0. The molecule has 0 bridgehead atoms. The molecule has 3 atom stereocenters. The predicted octanol–water partition coefficient (Wildman–Crippen LogP) is 3.16. The fourth-order valence-electron chi connectivity index (χ4n) is 3.02. The first kappa shape index (κ1) is 16.3. The first-order chi connectivity index (χ1) is 10.2. The molecule has 0 saturated carbocycles. The van der Waals surface area contributed by atoms with E-state index in [1.54, 1.807) is 0 Å². The number of rotatable bonds is 7. The van der Waals surface area contributed by atoms with Crippen LogP contribution < -0.4 is 10.1 Å². The van der Waals surface area contributed by atoms with E-state index >= 15 is 0 Å². The summed E-state index contributed by atoms with van der Waals surface area (Å²) in [4.78, 5) is 2.61.